The first-order valence-corrected chi connectivity index (χ1v) is 7.50. The maximum Gasteiger partial charge on any atom is 0.270 e. The average molecular weight is 275 g/mol. The molecule has 1 atom stereocenters. The minimum Gasteiger partial charge on any atom is -0.357 e. The third-order valence-corrected chi connectivity index (χ3v) is 4.58. The summed E-state index contributed by atoms with van der Waals surface area (Å²) in [6.45, 7) is 2.82. The van der Waals surface area contributed by atoms with E-state index in [0.717, 1.165) is 36.5 Å². The first-order valence-electron chi connectivity index (χ1n) is 6.62. The minimum absolute atomic E-state index is 0.0857. The molecule has 1 fully saturated rings. The summed E-state index contributed by atoms with van der Waals surface area (Å²) in [6.07, 6.45) is 5.05. The molecule has 1 aliphatic heterocycles. The van der Waals surface area contributed by atoms with Gasteiger partial charge in [0.25, 0.3) is 5.91 Å². The van der Waals surface area contributed by atoms with Crippen LogP contribution in [0.1, 0.15) is 46.5 Å². The van der Waals surface area contributed by atoms with E-state index in [0.29, 0.717) is 5.69 Å². The lowest BCUT2D eigenvalue weighted by Crippen LogP contribution is -2.38. The quantitative estimate of drug-likeness (QED) is 0.915. The summed E-state index contributed by atoms with van der Waals surface area (Å²) in [7, 11) is 0. The molecule has 1 aliphatic rings. The second kappa shape index (κ2) is 5.17. The number of hydrogen-bond acceptors (Lipinski definition) is 3. The lowest BCUT2D eigenvalue weighted by Gasteiger charge is -2.34. The lowest BCUT2D eigenvalue weighted by molar-refractivity contribution is 0.0605. The summed E-state index contributed by atoms with van der Waals surface area (Å²) in [5.74, 6) is 0.0857. The zero-order valence-corrected chi connectivity index (χ0v) is 11.7. The Balaban J connectivity index is 1.87. The molecule has 1 saturated heterocycles. The zero-order chi connectivity index (χ0) is 13.2. The van der Waals surface area contributed by atoms with Gasteiger partial charge in [0.05, 0.1) is 6.04 Å². The third kappa shape index (κ3) is 2.42. The fourth-order valence-electron chi connectivity index (χ4n) is 2.57. The van der Waals surface area contributed by atoms with E-state index in [1.165, 1.54) is 0 Å². The van der Waals surface area contributed by atoms with Crippen LogP contribution in [0.15, 0.2) is 23.7 Å². The highest BCUT2D eigenvalue weighted by Crippen LogP contribution is 2.33. The highest BCUT2D eigenvalue weighted by atomic mass is 32.1. The molecule has 2 aromatic heterocycles. The SMILES string of the molecule is Cc1csc([C@H]2CCCCN2C(=O)c2ccc[nH]2)n1. The van der Waals surface area contributed by atoms with E-state index in [1.807, 2.05) is 24.0 Å². The molecule has 0 saturated carbocycles. The fraction of sp³-hybridized carbons (Fsp3) is 0.429. The summed E-state index contributed by atoms with van der Waals surface area (Å²) < 4.78 is 0. The minimum atomic E-state index is 0.0857. The average Bonchev–Trinajstić information content (AvgIpc) is 3.09. The van der Waals surface area contributed by atoms with Gasteiger partial charge in [-0.3, -0.25) is 4.79 Å². The van der Waals surface area contributed by atoms with E-state index in [1.54, 1.807) is 17.5 Å². The van der Waals surface area contributed by atoms with Crippen molar-refractivity contribution in [2.45, 2.75) is 32.2 Å². The van der Waals surface area contributed by atoms with Crippen molar-refractivity contribution in [3.63, 3.8) is 0 Å². The number of piperidine rings is 1. The number of likely N-dealkylation sites (tertiary alicyclic amines) is 1. The predicted molar refractivity (Wildman–Crippen MR) is 75.3 cm³/mol. The van der Waals surface area contributed by atoms with Gasteiger partial charge in [-0.1, -0.05) is 0 Å². The summed E-state index contributed by atoms with van der Waals surface area (Å²) >= 11 is 1.66. The van der Waals surface area contributed by atoms with Gasteiger partial charge in [0.15, 0.2) is 0 Å². The third-order valence-electron chi connectivity index (χ3n) is 3.51. The van der Waals surface area contributed by atoms with Crippen LogP contribution in [0.4, 0.5) is 0 Å². The number of aryl methyl sites for hydroxylation is 1. The summed E-state index contributed by atoms with van der Waals surface area (Å²) in [5, 5.41) is 3.12. The number of hydrogen-bond donors (Lipinski definition) is 1. The van der Waals surface area contributed by atoms with Crippen LogP contribution >= 0.6 is 11.3 Å². The van der Waals surface area contributed by atoms with E-state index in [2.05, 4.69) is 15.3 Å². The first-order chi connectivity index (χ1) is 9.25. The second-order valence-corrected chi connectivity index (χ2v) is 5.81. The van der Waals surface area contributed by atoms with Crippen molar-refractivity contribution in [1.82, 2.24) is 14.9 Å². The Bertz CT molecular complexity index is 561. The van der Waals surface area contributed by atoms with Gasteiger partial charge in [-0.15, -0.1) is 11.3 Å². The summed E-state index contributed by atoms with van der Waals surface area (Å²) in [4.78, 5) is 22.1. The molecule has 1 N–H and O–H groups in total. The van der Waals surface area contributed by atoms with Crippen molar-refractivity contribution in [2.75, 3.05) is 6.54 Å². The van der Waals surface area contributed by atoms with Crippen molar-refractivity contribution in [2.24, 2.45) is 0 Å². The number of carbonyl (C=O) groups is 1. The molecule has 0 aromatic carbocycles. The van der Waals surface area contributed by atoms with Crippen LogP contribution < -0.4 is 0 Å². The predicted octanol–water partition coefficient (Wildman–Crippen LogP) is 3.15. The van der Waals surface area contributed by atoms with Crippen LogP contribution in [0, 0.1) is 6.92 Å². The van der Waals surface area contributed by atoms with Crippen LogP contribution in [-0.4, -0.2) is 27.3 Å². The zero-order valence-electron chi connectivity index (χ0n) is 10.9. The largest absolute Gasteiger partial charge is 0.357 e. The molecule has 0 aliphatic carbocycles. The highest BCUT2D eigenvalue weighted by molar-refractivity contribution is 7.09. The Hall–Kier alpha value is -1.62. The number of rotatable bonds is 2. The van der Waals surface area contributed by atoms with Gasteiger partial charge in [-0.05, 0) is 38.3 Å². The maximum atomic E-state index is 12.5. The molecule has 3 rings (SSSR count). The number of nitrogens with one attached hydrogen (secondary N) is 1. The molecule has 0 unspecified atom stereocenters. The Morgan fingerprint density at radius 3 is 3.11 bits per heavy atom. The molecule has 0 spiro atoms. The van der Waals surface area contributed by atoms with E-state index < -0.39 is 0 Å². The summed E-state index contributed by atoms with van der Waals surface area (Å²) in [6, 6.07) is 3.84. The standard InChI is InChI=1S/C14H17N3OS/c1-10-9-19-13(16-10)12-6-2-3-8-17(12)14(18)11-5-4-7-15-11/h4-5,7,9,12,15H,2-3,6,8H2,1H3/t12-/m1/s1. The Labute approximate surface area is 116 Å². The fourth-order valence-corrected chi connectivity index (χ4v) is 3.52. The van der Waals surface area contributed by atoms with Gasteiger partial charge in [-0.2, -0.15) is 0 Å². The molecule has 1 amide bonds. The number of amides is 1. The number of aromatic nitrogens is 2. The molecular weight excluding hydrogens is 258 g/mol. The first kappa shape index (κ1) is 12.4. The molecule has 5 heteroatoms. The van der Waals surface area contributed by atoms with Crippen LogP contribution in [0.2, 0.25) is 0 Å². The van der Waals surface area contributed by atoms with Gasteiger partial charge in [0.1, 0.15) is 10.7 Å². The molecule has 0 radical (unpaired) electrons. The van der Waals surface area contributed by atoms with E-state index >= 15 is 0 Å². The van der Waals surface area contributed by atoms with E-state index in [9.17, 15) is 4.79 Å². The molecule has 3 heterocycles. The molecular formula is C14H17N3OS. The maximum absolute atomic E-state index is 12.5. The highest BCUT2D eigenvalue weighted by Gasteiger charge is 2.30. The van der Waals surface area contributed by atoms with Crippen molar-refractivity contribution in [3.8, 4) is 0 Å². The Morgan fingerprint density at radius 2 is 2.42 bits per heavy atom. The monoisotopic (exact) mass is 275 g/mol. The number of nitrogens with zero attached hydrogens (tertiary/aromatic N) is 2. The lowest BCUT2D eigenvalue weighted by atomic mass is 10.0. The van der Waals surface area contributed by atoms with E-state index in [-0.39, 0.29) is 11.9 Å². The van der Waals surface area contributed by atoms with Gasteiger partial charge in [-0.25, -0.2) is 4.98 Å². The number of thiazole rings is 1. The molecule has 100 valence electrons. The van der Waals surface area contributed by atoms with Gasteiger partial charge in [0.2, 0.25) is 0 Å². The van der Waals surface area contributed by atoms with Crippen molar-refractivity contribution in [1.29, 1.82) is 0 Å². The number of H-pyrrole nitrogens is 1. The van der Waals surface area contributed by atoms with Crippen molar-refractivity contribution >= 4 is 17.2 Å². The van der Waals surface area contributed by atoms with Crippen LogP contribution in [0.5, 0.6) is 0 Å². The van der Waals surface area contributed by atoms with Crippen LogP contribution in [-0.2, 0) is 0 Å². The van der Waals surface area contributed by atoms with Gasteiger partial charge >= 0.3 is 0 Å². The van der Waals surface area contributed by atoms with Crippen molar-refractivity contribution < 1.29 is 4.79 Å². The van der Waals surface area contributed by atoms with E-state index in [4.69, 9.17) is 0 Å². The molecule has 19 heavy (non-hydrogen) atoms. The van der Waals surface area contributed by atoms with Crippen molar-refractivity contribution in [3.05, 3.63) is 40.1 Å². The Morgan fingerprint density at radius 1 is 1.53 bits per heavy atom. The molecule has 2 aromatic rings. The second-order valence-electron chi connectivity index (χ2n) is 4.92. The smallest absolute Gasteiger partial charge is 0.270 e. The molecule has 4 nitrogen and oxygen atoms in total. The Kier molecular flexibility index (Phi) is 3.38. The van der Waals surface area contributed by atoms with Crippen LogP contribution in [0.3, 0.4) is 0 Å². The van der Waals surface area contributed by atoms with Gasteiger partial charge < -0.3 is 9.88 Å². The van der Waals surface area contributed by atoms with Gasteiger partial charge in [0, 0.05) is 23.8 Å². The number of aromatic amines is 1. The number of carbonyl (C=O) groups excluding carboxylic acids is 1. The molecule has 0 bridgehead atoms. The van der Waals surface area contributed by atoms with Crippen LogP contribution in [0.25, 0.3) is 0 Å². The summed E-state index contributed by atoms with van der Waals surface area (Å²) in [5.41, 5.74) is 1.71. The normalized spacial score (nSPS) is 19.6. The topological polar surface area (TPSA) is 49.0 Å².